The number of aromatic nitrogens is 1. The highest BCUT2D eigenvalue weighted by Crippen LogP contribution is 2.19. The summed E-state index contributed by atoms with van der Waals surface area (Å²) in [4.78, 5) is 27.5. The molecule has 6 heteroatoms. The van der Waals surface area contributed by atoms with Crippen molar-refractivity contribution in [3.05, 3.63) is 53.9 Å². The van der Waals surface area contributed by atoms with Crippen LogP contribution in [-0.4, -0.2) is 16.8 Å². The lowest BCUT2D eigenvalue weighted by atomic mass is 10.2. The fourth-order valence-corrected chi connectivity index (χ4v) is 1.73. The van der Waals surface area contributed by atoms with E-state index in [1.807, 2.05) is 13.0 Å². The molecule has 6 nitrogen and oxygen atoms in total. The van der Waals surface area contributed by atoms with E-state index in [9.17, 15) is 9.59 Å². The number of nitrogens with one attached hydrogen (secondary N) is 2. The van der Waals surface area contributed by atoms with Crippen LogP contribution >= 0.6 is 0 Å². The number of hydrogen-bond donors (Lipinski definition) is 3. The molecule has 0 atom stereocenters. The minimum Gasteiger partial charge on any atom is -0.397 e. The maximum absolute atomic E-state index is 11.8. The molecule has 0 bridgehead atoms. The largest absolute Gasteiger partial charge is 0.397 e. The van der Waals surface area contributed by atoms with Crippen molar-refractivity contribution in [2.24, 2.45) is 0 Å². The fourth-order valence-electron chi connectivity index (χ4n) is 1.73. The van der Waals surface area contributed by atoms with E-state index < -0.39 is 11.8 Å². The summed E-state index contributed by atoms with van der Waals surface area (Å²) in [7, 11) is 0. The number of hydrogen-bond acceptors (Lipinski definition) is 4. The second-order valence-corrected chi connectivity index (χ2v) is 4.55. The number of aryl methyl sites for hydroxylation is 1. The SMILES string of the molecule is Cc1ccc(NC(=O)C(=O)NCc2ccccn2)c(N)c1. The molecule has 0 radical (unpaired) electrons. The van der Waals surface area contributed by atoms with E-state index in [-0.39, 0.29) is 6.54 Å². The molecule has 21 heavy (non-hydrogen) atoms. The van der Waals surface area contributed by atoms with Crippen molar-refractivity contribution in [3.8, 4) is 0 Å². The van der Waals surface area contributed by atoms with E-state index in [2.05, 4.69) is 15.6 Å². The van der Waals surface area contributed by atoms with Gasteiger partial charge >= 0.3 is 11.8 Å². The summed E-state index contributed by atoms with van der Waals surface area (Å²) in [6.07, 6.45) is 1.62. The highest BCUT2D eigenvalue weighted by molar-refractivity contribution is 6.39. The van der Waals surface area contributed by atoms with Gasteiger partial charge in [0.2, 0.25) is 0 Å². The monoisotopic (exact) mass is 284 g/mol. The maximum Gasteiger partial charge on any atom is 0.313 e. The van der Waals surface area contributed by atoms with Gasteiger partial charge in [0.25, 0.3) is 0 Å². The number of nitrogens with zero attached hydrogens (tertiary/aromatic N) is 1. The highest BCUT2D eigenvalue weighted by Gasteiger charge is 2.14. The number of amides is 2. The Hall–Kier alpha value is -2.89. The van der Waals surface area contributed by atoms with Gasteiger partial charge in [-0.05, 0) is 36.8 Å². The Bertz CT molecular complexity index is 656. The standard InChI is InChI=1S/C15H16N4O2/c1-10-5-6-13(12(16)8-10)19-15(21)14(20)18-9-11-4-2-3-7-17-11/h2-8H,9,16H2,1H3,(H,18,20)(H,19,21). The Morgan fingerprint density at radius 2 is 2.00 bits per heavy atom. The molecular weight excluding hydrogens is 268 g/mol. The smallest absolute Gasteiger partial charge is 0.313 e. The van der Waals surface area contributed by atoms with E-state index in [0.717, 1.165) is 5.56 Å². The van der Waals surface area contributed by atoms with Gasteiger partial charge in [0.1, 0.15) is 0 Å². The van der Waals surface area contributed by atoms with Crippen LogP contribution in [0.2, 0.25) is 0 Å². The van der Waals surface area contributed by atoms with Crippen molar-refractivity contribution in [1.82, 2.24) is 10.3 Å². The van der Waals surface area contributed by atoms with Crippen LogP contribution in [0.4, 0.5) is 11.4 Å². The first-order chi connectivity index (χ1) is 10.1. The third-order valence-corrected chi connectivity index (χ3v) is 2.82. The zero-order valence-electron chi connectivity index (χ0n) is 11.6. The molecule has 1 aromatic heterocycles. The zero-order chi connectivity index (χ0) is 15.2. The van der Waals surface area contributed by atoms with Crippen molar-refractivity contribution < 1.29 is 9.59 Å². The van der Waals surface area contributed by atoms with Crippen molar-refractivity contribution in [3.63, 3.8) is 0 Å². The van der Waals surface area contributed by atoms with Gasteiger partial charge in [-0.25, -0.2) is 0 Å². The van der Waals surface area contributed by atoms with Gasteiger partial charge in [-0.3, -0.25) is 14.6 Å². The first-order valence-electron chi connectivity index (χ1n) is 6.41. The zero-order valence-corrected chi connectivity index (χ0v) is 11.6. The number of benzene rings is 1. The maximum atomic E-state index is 11.8. The van der Waals surface area contributed by atoms with Crippen LogP contribution < -0.4 is 16.4 Å². The summed E-state index contributed by atoms with van der Waals surface area (Å²) in [6.45, 7) is 2.08. The topological polar surface area (TPSA) is 97.1 Å². The first kappa shape index (κ1) is 14.5. The van der Waals surface area contributed by atoms with Gasteiger partial charge in [-0.2, -0.15) is 0 Å². The lowest BCUT2D eigenvalue weighted by Gasteiger charge is -2.09. The molecule has 0 unspecified atom stereocenters. The normalized spacial score (nSPS) is 9.95. The number of carbonyl (C=O) groups is 2. The molecular formula is C15H16N4O2. The quantitative estimate of drug-likeness (QED) is 0.583. The summed E-state index contributed by atoms with van der Waals surface area (Å²) in [5.74, 6) is -1.50. The lowest BCUT2D eigenvalue weighted by Crippen LogP contribution is -2.35. The third kappa shape index (κ3) is 4.04. The van der Waals surface area contributed by atoms with E-state index in [1.165, 1.54) is 0 Å². The Labute approximate surface area is 122 Å². The summed E-state index contributed by atoms with van der Waals surface area (Å²) in [6, 6.07) is 10.5. The predicted octanol–water partition coefficient (Wildman–Crippen LogP) is 1.23. The molecule has 0 aliphatic heterocycles. The van der Waals surface area contributed by atoms with Crippen LogP contribution in [0, 0.1) is 6.92 Å². The summed E-state index contributed by atoms with van der Waals surface area (Å²) in [5, 5.41) is 4.97. The van der Waals surface area contributed by atoms with Gasteiger partial charge in [0.15, 0.2) is 0 Å². The molecule has 1 aromatic carbocycles. The van der Waals surface area contributed by atoms with E-state index in [1.54, 1.807) is 36.5 Å². The number of pyridine rings is 1. The molecule has 2 aromatic rings. The average molecular weight is 284 g/mol. The van der Waals surface area contributed by atoms with Crippen molar-refractivity contribution >= 4 is 23.2 Å². The third-order valence-electron chi connectivity index (χ3n) is 2.82. The summed E-state index contributed by atoms with van der Waals surface area (Å²) < 4.78 is 0. The lowest BCUT2D eigenvalue weighted by molar-refractivity contribution is -0.136. The molecule has 0 saturated heterocycles. The number of anilines is 2. The molecule has 1 heterocycles. The van der Waals surface area contributed by atoms with Crippen molar-refractivity contribution in [1.29, 1.82) is 0 Å². The molecule has 108 valence electrons. The molecule has 0 spiro atoms. The van der Waals surface area contributed by atoms with Crippen LogP contribution in [0.15, 0.2) is 42.6 Å². The number of rotatable bonds is 3. The van der Waals surface area contributed by atoms with Crippen LogP contribution in [0.5, 0.6) is 0 Å². The van der Waals surface area contributed by atoms with Crippen molar-refractivity contribution in [2.75, 3.05) is 11.1 Å². The molecule has 0 saturated carbocycles. The Morgan fingerprint density at radius 1 is 1.19 bits per heavy atom. The summed E-state index contributed by atoms with van der Waals surface area (Å²) in [5.41, 5.74) is 8.26. The second kappa shape index (κ2) is 6.51. The highest BCUT2D eigenvalue weighted by atomic mass is 16.2. The Kier molecular flexibility index (Phi) is 4.50. The Morgan fingerprint density at radius 3 is 2.67 bits per heavy atom. The second-order valence-electron chi connectivity index (χ2n) is 4.55. The first-order valence-corrected chi connectivity index (χ1v) is 6.41. The fraction of sp³-hybridized carbons (Fsp3) is 0.133. The number of carbonyl (C=O) groups excluding carboxylic acids is 2. The summed E-state index contributed by atoms with van der Waals surface area (Å²) >= 11 is 0. The molecule has 2 rings (SSSR count). The predicted molar refractivity (Wildman–Crippen MR) is 80.3 cm³/mol. The van der Waals surface area contributed by atoms with Crippen molar-refractivity contribution in [2.45, 2.75) is 13.5 Å². The Balaban J connectivity index is 1.92. The molecule has 4 N–H and O–H groups in total. The van der Waals surface area contributed by atoms with Crippen LogP contribution in [0.25, 0.3) is 0 Å². The van der Waals surface area contributed by atoms with Crippen LogP contribution in [0.1, 0.15) is 11.3 Å². The van der Waals surface area contributed by atoms with Gasteiger partial charge in [0, 0.05) is 6.20 Å². The minimum atomic E-state index is -0.763. The van der Waals surface area contributed by atoms with E-state index >= 15 is 0 Å². The molecule has 2 amide bonds. The van der Waals surface area contributed by atoms with E-state index in [0.29, 0.717) is 17.1 Å². The van der Waals surface area contributed by atoms with Crippen LogP contribution in [0.3, 0.4) is 0 Å². The van der Waals surface area contributed by atoms with Gasteiger partial charge in [-0.1, -0.05) is 12.1 Å². The number of nitrogen functional groups attached to an aromatic ring is 1. The van der Waals surface area contributed by atoms with Gasteiger partial charge < -0.3 is 16.4 Å². The number of nitrogens with two attached hydrogens (primary N) is 1. The van der Waals surface area contributed by atoms with Gasteiger partial charge in [-0.15, -0.1) is 0 Å². The minimum absolute atomic E-state index is 0.191. The van der Waals surface area contributed by atoms with E-state index in [4.69, 9.17) is 5.73 Å². The van der Waals surface area contributed by atoms with Crippen LogP contribution in [-0.2, 0) is 16.1 Å². The molecule has 0 aliphatic carbocycles. The molecule has 0 fully saturated rings. The molecule has 0 aliphatic rings. The van der Waals surface area contributed by atoms with Gasteiger partial charge in [0.05, 0.1) is 23.6 Å². The average Bonchev–Trinajstić information content (AvgIpc) is 2.48.